The molecule has 0 saturated carbocycles. The molecule has 1 heterocycles. The number of hydrogen-bond acceptors (Lipinski definition) is 4. The molecule has 0 radical (unpaired) electrons. The monoisotopic (exact) mass is 438 g/mol. The van der Waals surface area contributed by atoms with Gasteiger partial charge in [0.2, 0.25) is 5.91 Å². The number of anilines is 2. The van der Waals surface area contributed by atoms with Gasteiger partial charge in [0.15, 0.2) is 0 Å². The largest absolute Gasteiger partial charge is 0.368 e. The molecule has 0 spiro atoms. The van der Waals surface area contributed by atoms with Crippen molar-refractivity contribution >= 4 is 58.2 Å². The Morgan fingerprint density at radius 1 is 1.11 bits per heavy atom. The van der Waals surface area contributed by atoms with Crippen LogP contribution in [0.15, 0.2) is 47.4 Å². The van der Waals surface area contributed by atoms with E-state index in [0.717, 1.165) is 17.7 Å². The van der Waals surface area contributed by atoms with Crippen LogP contribution in [0.4, 0.5) is 11.4 Å². The Balaban J connectivity index is 1.54. The van der Waals surface area contributed by atoms with Crippen LogP contribution in [0.1, 0.15) is 19.8 Å². The quantitative estimate of drug-likeness (QED) is 0.605. The van der Waals surface area contributed by atoms with Crippen molar-refractivity contribution in [2.45, 2.75) is 36.0 Å². The summed E-state index contributed by atoms with van der Waals surface area (Å²) < 4.78 is 5.37. The van der Waals surface area contributed by atoms with Crippen LogP contribution in [0.3, 0.4) is 0 Å². The van der Waals surface area contributed by atoms with Gasteiger partial charge in [-0.1, -0.05) is 23.2 Å². The highest BCUT2D eigenvalue weighted by Gasteiger charge is 2.23. The second kappa shape index (κ2) is 9.65. The number of nitrogens with one attached hydrogen (secondary N) is 2. The SMILES string of the molecule is CC(Sc1cc(Cl)ccc1Cl)C(=O)Nc1ccc(NC(=O)C2CCCO2)cc1. The number of carbonyl (C=O) groups is 2. The Labute approximate surface area is 178 Å². The van der Waals surface area contributed by atoms with Crippen LogP contribution in [0.2, 0.25) is 10.0 Å². The first-order valence-electron chi connectivity index (χ1n) is 8.87. The number of rotatable bonds is 6. The molecule has 2 aromatic rings. The summed E-state index contributed by atoms with van der Waals surface area (Å²) in [6, 6.07) is 12.1. The van der Waals surface area contributed by atoms with E-state index in [1.807, 2.05) is 0 Å². The molecule has 5 nitrogen and oxygen atoms in total. The van der Waals surface area contributed by atoms with Crippen molar-refractivity contribution in [2.75, 3.05) is 17.2 Å². The first kappa shape index (κ1) is 21.0. The molecule has 8 heteroatoms. The molecule has 0 bridgehead atoms. The molecule has 28 heavy (non-hydrogen) atoms. The molecule has 2 aromatic carbocycles. The van der Waals surface area contributed by atoms with Gasteiger partial charge >= 0.3 is 0 Å². The van der Waals surface area contributed by atoms with Crippen LogP contribution in [0, 0.1) is 0 Å². The molecule has 0 aromatic heterocycles. The third-order valence-electron chi connectivity index (χ3n) is 4.21. The predicted octanol–water partition coefficient (Wildman–Crippen LogP) is 5.23. The van der Waals surface area contributed by atoms with Crippen molar-refractivity contribution < 1.29 is 14.3 Å². The van der Waals surface area contributed by atoms with Crippen molar-refractivity contribution in [1.29, 1.82) is 0 Å². The highest BCUT2D eigenvalue weighted by Crippen LogP contribution is 2.33. The van der Waals surface area contributed by atoms with Gasteiger partial charge in [-0.2, -0.15) is 0 Å². The Hall–Kier alpha value is -1.73. The van der Waals surface area contributed by atoms with E-state index in [0.29, 0.717) is 28.0 Å². The van der Waals surface area contributed by atoms with E-state index in [4.69, 9.17) is 27.9 Å². The minimum atomic E-state index is -0.379. The molecule has 2 N–H and O–H groups in total. The summed E-state index contributed by atoms with van der Waals surface area (Å²) in [6.45, 7) is 2.42. The molecule has 2 atom stereocenters. The summed E-state index contributed by atoms with van der Waals surface area (Å²) in [4.78, 5) is 25.3. The van der Waals surface area contributed by atoms with Crippen LogP contribution >= 0.6 is 35.0 Å². The number of benzene rings is 2. The zero-order valence-electron chi connectivity index (χ0n) is 15.2. The number of thioether (sulfide) groups is 1. The van der Waals surface area contributed by atoms with Gasteiger partial charge < -0.3 is 15.4 Å². The van der Waals surface area contributed by atoms with Crippen molar-refractivity contribution in [1.82, 2.24) is 0 Å². The lowest BCUT2D eigenvalue weighted by atomic mass is 10.2. The highest BCUT2D eigenvalue weighted by molar-refractivity contribution is 8.00. The molecule has 3 rings (SSSR count). The van der Waals surface area contributed by atoms with E-state index >= 15 is 0 Å². The molecule has 1 aliphatic heterocycles. The van der Waals surface area contributed by atoms with Crippen molar-refractivity contribution in [3.63, 3.8) is 0 Å². The van der Waals surface area contributed by atoms with E-state index in [9.17, 15) is 9.59 Å². The lowest BCUT2D eigenvalue weighted by Gasteiger charge is -2.14. The van der Waals surface area contributed by atoms with E-state index in [-0.39, 0.29) is 23.2 Å². The Morgan fingerprint density at radius 2 is 1.79 bits per heavy atom. The van der Waals surface area contributed by atoms with Gasteiger partial charge in [0.25, 0.3) is 5.91 Å². The maximum Gasteiger partial charge on any atom is 0.253 e. The van der Waals surface area contributed by atoms with Crippen LogP contribution in [0.5, 0.6) is 0 Å². The lowest BCUT2D eigenvalue weighted by Crippen LogP contribution is -2.26. The van der Waals surface area contributed by atoms with Gasteiger partial charge in [-0.25, -0.2) is 0 Å². The number of amides is 2. The average molecular weight is 439 g/mol. The topological polar surface area (TPSA) is 67.4 Å². The maximum absolute atomic E-state index is 12.5. The zero-order chi connectivity index (χ0) is 20.1. The number of carbonyl (C=O) groups excluding carboxylic acids is 2. The molecular weight excluding hydrogens is 419 g/mol. The standard InChI is InChI=1S/C20H20Cl2N2O3S/c1-12(28-18-11-13(21)4-9-16(18)22)19(25)23-14-5-7-15(8-6-14)24-20(26)17-3-2-10-27-17/h4-9,11-12,17H,2-3,10H2,1H3,(H,23,25)(H,24,26). The minimum Gasteiger partial charge on any atom is -0.368 e. The third kappa shape index (κ3) is 5.64. The molecule has 0 aliphatic carbocycles. The first-order valence-corrected chi connectivity index (χ1v) is 10.5. The molecule has 1 saturated heterocycles. The molecule has 2 unspecified atom stereocenters. The fourth-order valence-corrected chi connectivity index (χ4v) is 4.11. The third-order valence-corrected chi connectivity index (χ3v) is 6.04. The van der Waals surface area contributed by atoms with Gasteiger partial charge in [-0.15, -0.1) is 11.8 Å². The number of ether oxygens (including phenoxy) is 1. The van der Waals surface area contributed by atoms with Crippen molar-refractivity contribution in [2.24, 2.45) is 0 Å². The van der Waals surface area contributed by atoms with Gasteiger partial charge in [-0.05, 0) is 62.2 Å². The van der Waals surface area contributed by atoms with Crippen LogP contribution < -0.4 is 10.6 Å². The van der Waals surface area contributed by atoms with E-state index in [1.54, 1.807) is 49.4 Å². The maximum atomic E-state index is 12.5. The summed E-state index contributed by atoms with van der Waals surface area (Å²) in [7, 11) is 0. The predicted molar refractivity (Wildman–Crippen MR) is 114 cm³/mol. The minimum absolute atomic E-state index is 0.141. The fraction of sp³-hybridized carbons (Fsp3) is 0.300. The summed E-state index contributed by atoms with van der Waals surface area (Å²) in [5.41, 5.74) is 1.30. The lowest BCUT2D eigenvalue weighted by molar-refractivity contribution is -0.124. The first-order chi connectivity index (χ1) is 13.4. The highest BCUT2D eigenvalue weighted by atomic mass is 35.5. The van der Waals surface area contributed by atoms with E-state index in [2.05, 4.69) is 10.6 Å². The Kier molecular flexibility index (Phi) is 7.24. The molecule has 2 amide bonds. The fourth-order valence-electron chi connectivity index (χ4n) is 2.70. The molecule has 148 valence electrons. The molecule has 1 aliphatic rings. The summed E-state index contributed by atoms with van der Waals surface area (Å²) in [6.07, 6.45) is 1.27. The van der Waals surface area contributed by atoms with Gasteiger partial charge in [-0.3, -0.25) is 9.59 Å². The van der Waals surface area contributed by atoms with Crippen molar-refractivity contribution in [3.8, 4) is 0 Å². The normalized spacial score (nSPS) is 17.2. The summed E-state index contributed by atoms with van der Waals surface area (Å²) in [5.74, 6) is -0.296. The van der Waals surface area contributed by atoms with Crippen LogP contribution in [-0.4, -0.2) is 29.8 Å². The zero-order valence-corrected chi connectivity index (χ0v) is 17.5. The van der Waals surface area contributed by atoms with E-state index in [1.165, 1.54) is 11.8 Å². The van der Waals surface area contributed by atoms with Crippen LogP contribution in [-0.2, 0) is 14.3 Å². The van der Waals surface area contributed by atoms with Crippen molar-refractivity contribution in [3.05, 3.63) is 52.5 Å². The second-order valence-electron chi connectivity index (χ2n) is 6.39. The molecule has 1 fully saturated rings. The molecular formula is C20H20Cl2N2O3S. The summed E-state index contributed by atoms with van der Waals surface area (Å²) >= 11 is 13.5. The van der Waals surface area contributed by atoms with Gasteiger partial charge in [0, 0.05) is 27.9 Å². The van der Waals surface area contributed by atoms with Gasteiger partial charge in [0.05, 0.1) is 10.3 Å². The van der Waals surface area contributed by atoms with Crippen LogP contribution in [0.25, 0.3) is 0 Å². The number of halogens is 2. The Bertz CT molecular complexity index is 855. The van der Waals surface area contributed by atoms with Gasteiger partial charge in [0.1, 0.15) is 6.10 Å². The second-order valence-corrected chi connectivity index (χ2v) is 8.62. The Morgan fingerprint density at radius 3 is 2.43 bits per heavy atom. The summed E-state index contributed by atoms with van der Waals surface area (Å²) in [5, 5.41) is 6.44. The smallest absolute Gasteiger partial charge is 0.253 e. The number of hydrogen-bond donors (Lipinski definition) is 2. The van der Waals surface area contributed by atoms with E-state index < -0.39 is 0 Å². The average Bonchev–Trinajstić information content (AvgIpc) is 3.21.